The highest BCUT2D eigenvalue weighted by Gasteiger charge is 2.22. The molecule has 34 heavy (non-hydrogen) atoms. The van der Waals surface area contributed by atoms with E-state index in [-0.39, 0.29) is 11.2 Å². The van der Waals surface area contributed by atoms with Crippen LogP contribution in [0.1, 0.15) is 32.5 Å². The molecule has 0 aliphatic carbocycles. The summed E-state index contributed by atoms with van der Waals surface area (Å²) < 4.78 is 0. The molecule has 6 heteroatoms. The van der Waals surface area contributed by atoms with Crippen LogP contribution in [0.3, 0.4) is 0 Å². The van der Waals surface area contributed by atoms with Crippen LogP contribution in [0.5, 0.6) is 0 Å². The Balaban J connectivity index is 1.20. The van der Waals surface area contributed by atoms with Gasteiger partial charge in [-0.25, -0.2) is 4.98 Å². The van der Waals surface area contributed by atoms with Crippen molar-refractivity contribution < 1.29 is 4.79 Å². The lowest BCUT2D eigenvalue weighted by Crippen LogP contribution is -2.29. The average Bonchev–Trinajstić information content (AvgIpc) is 3.27. The second-order valence-corrected chi connectivity index (χ2v) is 10.6. The summed E-state index contributed by atoms with van der Waals surface area (Å²) in [4.78, 5) is 21.3. The van der Waals surface area contributed by atoms with Gasteiger partial charge in [0.25, 0.3) is 0 Å². The van der Waals surface area contributed by atoms with E-state index >= 15 is 0 Å². The van der Waals surface area contributed by atoms with Gasteiger partial charge in [-0.1, -0.05) is 91.0 Å². The van der Waals surface area contributed by atoms with E-state index in [9.17, 15) is 4.79 Å². The maximum absolute atomic E-state index is 12.8. The third-order valence-corrected chi connectivity index (χ3v) is 8.20. The van der Waals surface area contributed by atoms with Crippen molar-refractivity contribution in [1.29, 1.82) is 0 Å². The minimum absolute atomic E-state index is 0.00546. The minimum Gasteiger partial charge on any atom is -0.301 e. The van der Waals surface area contributed by atoms with Gasteiger partial charge < -0.3 is 5.32 Å². The number of carbonyl (C=O) groups is 1. The average molecular weight is 486 g/mol. The van der Waals surface area contributed by atoms with Crippen molar-refractivity contribution in [3.8, 4) is 0 Å². The van der Waals surface area contributed by atoms with Gasteiger partial charge >= 0.3 is 0 Å². The van der Waals surface area contributed by atoms with Crippen molar-refractivity contribution in [2.45, 2.75) is 24.8 Å². The first-order valence-corrected chi connectivity index (χ1v) is 13.4. The van der Waals surface area contributed by atoms with Gasteiger partial charge in [-0.15, -0.1) is 23.1 Å². The highest BCUT2D eigenvalue weighted by Crippen LogP contribution is 2.36. The summed E-state index contributed by atoms with van der Waals surface area (Å²) in [5.41, 5.74) is 4.86. The van der Waals surface area contributed by atoms with E-state index in [0.717, 1.165) is 31.7 Å². The molecule has 3 aromatic carbocycles. The number of thiazole rings is 1. The van der Waals surface area contributed by atoms with E-state index in [2.05, 4.69) is 64.8 Å². The monoisotopic (exact) mass is 485 g/mol. The van der Waals surface area contributed by atoms with Crippen LogP contribution in [0, 0.1) is 0 Å². The predicted molar refractivity (Wildman–Crippen MR) is 142 cm³/mol. The molecule has 0 saturated heterocycles. The molecule has 1 aliphatic heterocycles. The van der Waals surface area contributed by atoms with Gasteiger partial charge in [0.1, 0.15) is 0 Å². The Morgan fingerprint density at radius 2 is 1.56 bits per heavy atom. The van der Waals surface area contributed by atoms with E-state index in [1.165, 1.54) is 21.6 Å². The fourth-order valence-corrected chi connectivity index (χ4v) is 6.39. The van der Waals surface area contributed by atoms with E-state index in [0.29, 0.717) is 10.9 Å². The minimum atomic E-state index is -0.00546. The van der Waals surface area contributed by atoms with E-state index in [4.69, 9.17) is 4.98 Å². The Hall–Kier alpha value is -2.93. The standard InChI is InChI=1S/C28H27N3OS2/c32-26(20-33-27(22-12-6-2-7-13-22)23-14-8-3-9-15-23)30-28-29-24-16-17-31(19-25(24)34-28)18-21-10-4-1-5-11-21/h1-15,27H,16-20H2,(H,29,30,32). The summed E-state index contributed by atoms with van der Waals surface area (Å²) in [5, 5.41) is 3.88. The summed E-state index contributed by atoms with van der Waals surface area (Å²) in [6.45, 7) is 2.82. The van der Waals surface area contributed by atoms with Crippen molar-refractivity contribution in [2.75, 3.05) is 17.6 Å². The van der Waals surface area contributed by atoms with Gasteiger partial charge in [0.05, 0.1) is 16.7 Å². The third kappa shape index (κ3) is 5.76. The van der Waals surface area contributed by atoms with E-state index < -0.39 is 0 Å². The number of anilines is 1. The van der Waals surface area contributed by atoms with Crippen molar-refractivity contribution in [3.05, 3.63) is 118 Å². The number of aromatic nitrogens is 1. The number of fused-ring (bicyclic) bond motifs is 1. The van der Waals surface area contributed by atoms with Crippen LogP contribution in [0.25, 0.3) is 0 Å². The van der Waals surface area contributed by atoms with E-state index in [1.807, 2.05) is 36.4 Å². The lowest BCUT2D eigenvalue weighted by molar-refractivity contribution is -0.113. The SMILES string of the molecule is O=C(CSC(c1ccccc1)c1ccccc1)Nc1nc2c(s1)CN(Cc1ccccc1)CC2. The first-order chi connectivity index (χ1) is 16.7. The molecule has 1 amide bonds. The fourth-order valence-electron chi connectivity index (χ4n) is 4.23. The van der Waals surface area contributed by atoms with Crippen LogP contribution in [0.2, 0.25) is 0 Å². The summed E-state index contributed by atoms with van der Waals surface area (Å²) in [7, 11) is 0. The molecular weight excluding hydrogens is 458 g/mol. The zero-order valence-electron chi connectivity index (χ0n) is 18.9. The van der Waals surface area contributed by atoms with Crippen LogP contribution in [-0.4, -0.2) is 28.1 Å². The molecule has 0 radical (unpaired) electrons. The van der Waals surface area contributed by atoms with Crippen LogP contribution in [0.4, 0.5) is 5.13 Å². The Morgan fingerprint density at radius 1 is 0.941 bits per heavy atom. The number of rotatable bonds is 8. The van der Waals surface area contributed by atoms with Gasteiger partial charge in [-0.2, -0.15) is 0 Å². The van der Waals surface area contributed by atoms with Gasteiger partial charge in [-0.3, -0.25) is 9.69 Å². The molecule has 172 valence electrons. The predicted octanol–water partition coefficient (Wildman–Crippen LogP) is 6.16. The normalized spacial score (nSPS) is 13.6. The first-order valence-electron chi connectivity index (χ1n) is 11.5. The summed E-state index contributed by atoms with van der Waals surface area (Å²) in [5.74, 6) is 0.368. The first kappa shape index (κ1) is 22.8. The molecule has 0 saturated carbocycles. The number of nitrogens with one attached hydrogen (secondary N) is 1. The molecule has 0 fully saturated rings. The zero-order valence-corrected chi connectivity index (χ0v) is 20.5. The number of thioether (sulfide) groups is 1. The topological polar surface area (TPSA) is 45.2 Å². The third-order valence-electron chi connectivity index (χ3n) is 5.89. The molecular formula is C28H27N3OS2. The molecule has 2 heterocycles. The van der Waals surface area contributed by atoms with Gasteiger partial charge in [0.2, 0.25) is 5.91 Å². The van der Waals surface area contributed by atoms with Crippen LogP contribution < -0.4 is 5.32 Å². The summed E-state index contributed by atoms with van der Waals surface area (Å²) in [6.07, 6.45) is 0.924. The number of hydrogen-bond donors (Lipinski definition) is 1. The highest BCUT2D eigenvalue weighted by molar-refractivity contribution is 8.00. The summed E-state index contributed by atoms with van der Waals surface area (Å²) in [6, 6.07) is 31.3. The maximum Gasteiger partial charge on any atom is 0.236 e. The largest absolute Gasteiger partial charge is 0.301 e. The fraction of sp³-hybridized carbons (Fsp3) is 0.214. The van der Waals surface area contributed by atoms with Crippen molar-refractivity contribution in [3.63, 3.8) is 0 Å². The number of amides is 1. The highest BCUT2D eigenvalue weighted by atomic mass is 32.2. The molecule has 5 rings (SSSR count). The smallest absolute Gasteiger partial charge is 0.236 e. The second kappa shape index (κ2) is 11.0. The molecule has 0 bridgehead atoms. The van der Waals surface area contributed by atoms with Crippen molar-refractivity contribution >= 4 is 34.1 Å². The molecule has 0 atom stereocenters. The maximum atomic E-state index is 12.8. The van der Waals surface area contributed by atoms with Crippen LogP contribution >= 0.6 is 23.1 Å². The van der Waals surface area contributed by atoms with Crippen molar-refractivity contribution in [2.24, 2.45) is 0 Å². The lowest BCUT2D eigenvalue weighted by Gasteiger charge is -2.25. The molecule has 0 spiro atoms. The quantitative estimate of drug-likeness (QED) is 0.325. The number of benzene rings is 3. The van der Waals surface area contributed by atoms with Gasteiger partial charge in [-0.05, 0) is 16.7 Å². The Labute approximate surface area is 209 Å². The number of nitrogens with zero attached hydrogens (tertiary/aromatic N) is 2. The Morgan fingerprint density at radius 3 is 2.21 bits per heavy atom. The molecule has 1 N–H and O–H groups in total. The van der Waals surface area contributed by atoms with E-state index in [1.54, 1.807) is 23.1 Å². The summed E-state index contributed by atoms with van der Waals surface area (Å²) >= 11 is 3.26. The Bertz CT molecular complexity index is 1170. The number of hydrogen-bond acceptors (Lipinski definition) is 5. The zero-order chi connectivity index (χ0) is 23.2. The van der Waals surface area contributed by atoms with Crippen LogP contribution in [0.15, 0.2) is 91.0 Å². The molecule has 1 aromatic heterocycles. The molecule has 1 aliphatic rings. The molecule has 4 nitrogen and oxygen atoms in total. The second-order valence-electron chi connectivity index (χ2n) is 8.40. The number of carbonyl (C=O) groups excluding carboxylic acids is 1. The van der Waals surface area contributed by atoms with Crippen LogP contribution in [-0.2, 0) is 24.3 Å². The molecule has 0 unspecified atom stereocenters. The van der Waals surface area contributed by atoms with Crippen molar-refractivity contribution in [1.82, 2.24) is 9.88 Å². The Kier molecular flexibility index (Phi) is 7.39. The van der Waals surface area contributed by atoms with Gasteiger partial charge in [0, 0.05) is 30.9 Å². The molecule has 4 aromatic rings. The van der Waals surface area contributed by atoms with Gasteiger partial charge in [0.15, 0.2) is 5.13 Å². The lowest BCUT2D eigenvalue weighted by atomic mass is 10.0.